The summed E-state index contributed by atoms with van der Waals surface area (Å²) >= 11 is 1.73. The van der Waals surface area contributed by atoms with Crippen molar-refractivity contribution in [1.82, 2.24) is 14.8 Å². The van der Waals surface area contributed by atoms with E-state index in [9.17, 15) is 4.79 Å². The van der Waals surface area contributed by atoms with Gasteiger partial charge in [0.1, 0.15) is 0 Å². The van der Waals surface area contributed by atoms with E-state index >= 15 is 0 Å². The number of carbonyl (C=O) groups excluding carboxylic acids is 1. The highest BCUT2D eigenvalue weighted by molar-refractivity contribution is 7.15. The number of fused-ring (bicyclic) bond motifs is 1. The van der Waals surface area contributed by atoms with Crippen LogP contribution in [0.5, 0.6) is 0 Å². The maximum atomic E-state index is 11.1. The number of aromatic nitrogens is 3. The highest BCUT2D eigenvalue weighted by Gasteiger charge is 2.19. The first-order valence-corrected chi connectivity index (χ1v) is 10.9. The molecule has 7 nitrogen and oxygen atoms in total. The number of carbonyl (C=O) groups is 1. The molecule has 1 aliphatic rings. The minimum atomic E-state index is -0.546. The Kier molecular flexibility index (Phi) is 5.13. The molecule has 8 heteroatoms. The van der Waals surface area contributed by atoms with E-state index in [1.165, 1.54) is 21.6 Å². The lowest BCUT2D eigenvalue weighted by Gasteiger charge is -2.28. The molecule has 0 radical (unpaired) electrons. The number of urea groups is 1. The van der Waals surface area contributed by atoms with E-state index in [2.05, 4.69) is 50.6 Å². The van der Waals surface area contributed by atoms with Crippen molar-refractivity contribution < 1.29 is 4.79 Å². The van der Waals surface area contributed by atoms with Gasteiger partial charge in [-0.05, 0) is 53.4 Å². The average molecular weight is 431 g/mol. The summed E-state index contributed by atoms with van der Waals surface area (Å²) in [5.74, 6) is 0. The predicted molar refractivity (Wildman–Crippen MR) is 123 cm³/mol. The second-order valence-corrected chi connectivity index (χ2v) is 8.64. The molecular weight excluding hydrogens is 408 g/mol. The Morgan fingerprint density at radius 2 is 2.03 bits per heavy atom. The molecule has 1 aliphatic heterocycles. The van der Waals surface area contributed by atoms with E-state index in [1.807, 2.05) is 35.3 Å². The third-order valence-electron chi connectivity index (χ3n) is 5.38. The molecule has 0 bridgehead atoms. The van der Waals surface area contributed by atoms with Crippen molar-refractivity contribution in [3.05, 3.63) is 88.7 Å². The summed E-state index contributed by atoms with van der Waals surface area (Å²) in [7, 11) is 0. The summed E-state index contributed by atoms with van der Waals surface area (Å²) in [6.45, 7) is 1.70. The quantitative estimate of drug-likeness (QED) is 0.501. The number of benzene rings is 2. The molecule has 3 heterocycles. The number of nitrogens with zero attached hydrogens (tertiary/aromatic N) is 4. The first kappa shape index (κ1) is 19.3. The van der Waals surface area contributed by atoms with Gasteiger partial charge in [-0.1, -0.05) is 18.2 Å². The Labute approximate surface area is 184 Å². The SMILES string of the molecule is NC(=O)Nc1ccc2c(c1)CN(c1ncc(Cc3ccc(-n4cccn4)cc3)s1)CC2. The zero-order valence-electron chi connectivity index (χ0n) is 16.9. The first-order chi connectivity index (χ1) is 15.1. The maximum Gasteiger partial charge on any atom is 0.316 e. The Morgan fingerprint density at radius 1 is 1.16 bits per heavy atom. The van der Waals surface area contributed by atoms with Crippen molar-refractivity contribution in [2.45, 2.75) is 19.4 Å². The molecule has 2 aromatic heterocycles. The lowest BCUT2D eigenvalue weighted by molar-refractivity contribution is 0.259. The van der Waals surface area contributed by atoms with Crippen molar-refractivity contribution in [2.75, 3.05) is 16.8 Å². The van der Waals surface area contributed by atoms with E-state index in [0.29, 0.717) is 0 Å². The molecule has 5 rings (SSSR count). The zero-order chi connectivity index (χ0) is 21.2. The highest BCUT2D eigenvalue weighted by atomic mass is 32.1. The molecule has 2 aromatic carbocycles. The summed E-state index contributed by atoms with van der Waals surface area (Å²) in [6, 6.07) is 15.8. The van der Waals surface area contributed by atoms with Gasteiger partial charge in [0.25, 0.3) is 0 Å². The normalized spacial score (nSPS) is 13.1. The smallest absolute Gasteiger partial charge is 0.316 e. The van der Waals surface area contributed by atoms with Crippen LogP contribution in [0, 0.1) is 0 Å². The molecule has 3 N–H and O–H groups in total. The number of hydrogen-bond donors (Lipinski definition) is 2. The number of nitrogens with two attached hydrogens (primary N) is 1. The molecule has 0 fully saturated rings. The number of primary amides is 1. The van der Waals surface area contributed by atoms with Crippen LogP contribution in [0.25, 0.3) is 5.69 Å². The number of anilines is 2. The Bertz CT molecular complexity index is 1200. The van der Waals surface area contributed by atoms with Crippen molar-refractivity contribution >= 4 is 28.2 Å². The predicted octanol–water partition coefficient (Wildman–Crippen LogP) is 3.97. The van der Waals surface area contributed by atoms with Gasteiger partial charge in [-0.15, -0.1) is 11.3 Å². The van der Waals surface area contributed by atoms with Crippen molar-refractivity contribution in [1.29, 1.82) is 0 Å². The monoisotopic (exact) mass is 430 g/mol. The van der Waals surface area contributed by atoms with Gasteiger partial charge in [0.2, 0.25) is 0 Å². The molecule has 0 unspecified atom stereocenters. The minimum absolute atomic E-state index is 0.546. The van der Waals surface area contributed by atoms with Gasteiger partial charge in [-0.25, -0.2) is 14.5 Å². The number of rotatable bonds is 5. The van der Waals surface area contributed by atoms with Crippen LogP contribution in [-0.2, 0) is 19.4 Å². The molecule has 31 heavy (non-hydrogen) atoms. The summed E-state index contributed by atoms with van der Waals surface area (Å²) in [4.78, 5) is 19.4. The topological polar surface area (TPSA) is 89.1 Å². The Hall–Kier alpha value is -3.65. The van der Waals surface area contributed by atoms with Gasteiger partial charge in [-0.2, -0.15) is 5.10 Å². The van der Waals surface area contributed by atoms with Crippen LogP contribution in [-0.4, -0.2) is 27.3 Å². The molecule has 0 aliphatic carbocycles. The van der Waals surface area contributed by atoms with Crippen molar-refractivity contribution in [2.24, 2.45) is 5.73 Å². The number of nitrogens with one attached hydrogen (secondary N) is 1. The van der Waals surface area contributed by atoms with Crippen LogP contribution in [0.1, 0.15) is 21.6 Å². The fourth-order valence-corrected chi connectivity index (χ4v) is 4.82. The molecule has 4 aromatic rings. The lowest BCUT2D eigenvalue weighted by atomic mass is 9.99. The summed E-state index contributed by atoms with van der Waals surface area (Å²) < 4.78 is 1.85. The zero-order valence-corrected chi connectivity index (χ0v) is 17.7. The fraction of sp³-hybridized carbons (Fsp3) is 0.174. The van der Waals surface area contributed by atoms with Crippen LogP contribution in [0.3, 0.4) is 0 Å². The number of amides is 2. The summed E-state index contributed by atoms with van der Waals surface area (Å²) in [5.41, 5.74) is 10.8. The average Bonchev–Trinajstić information content (AvgIpc) is 3.46. The standard InChI is InChI=1S/C23H22N6OS/c24-22(30)27-19-5-4-17-8-11-28(15-18(17)13-19)23-25-14-21(31-23)12-16-2-6-20(7-3-16)29-10-1-9-26-29/h1-7,9-10,13-14H,8,11-12,15H2,(H3,24,27,30). The van der Waals surface area contributed by atoms with E-state index in [-0.39, 0.29) is 0 Å². The van der Waals surface area contributed by atoms with Crippen LogP contribution in [0.4, 0.5) is 15.6 Å². The third kappa shape index (κ3) is 4.29. The van der Waals surface area contributed by atoms with E-state index in [1.54, 1.807) is 17.5 Å². The van der Waals surface area contributed by atoms with E-state index in [4.69, 9.17) is 5.73 Å². The largest absolute Gasteiger partial charge is 0.351 e. The fourth-order valence-electron chi connectivity index (χ4n) is 3.85. The first-order valence-electron chi connectivity index (χ1n) is 10.1. The number of hydrogen-bond acceptors (Lipinski definition) is 5. The van der Waals surface area contributed by atoms with Crippen LogP contribution in [0.2, 0.25) is 0 Å². The molecular formula is C23H22N6OS. The molecule has 2 amide bonds. The van der Waals surface area contributed by atoms with Gasteiger partial charge in [0, 0.05) is 48.7 Å². The summed E-state index contributed by atoms with van der Waals surface area (Å²) in [5, 5.41) is 7.95. The second-order valence-electron chi connectivity index (χ2n) is 7.55. The van der Waals surface area contributed by atoms with Gasteiger partial charge in [0.15, 0.2) is 5.13 Å². The van der Waals surface area contributed by atoms with Crippen LogP contribution >= 0.6 is 11.3 Å². The molecule has 0 spiro atoms. The third-order valence-corrected chi connectivity index (χ3v) is 6.44. The Morgan fingerprint density at radius 3 is 2.81 bits per heavy atom. The molecule has 0 atom stereocenters. The van der Waals surface area contributed by atoms with Gasteiger partial charge in [-0.3, -0.25) is 0 Å². The highest BCUT2D eigenvalue weighted by Crippen LogP contribution is 2.30. The second kappa shape index (κ2) is 8.23. The number of thiazole rings is 1. The maximum absolute atomic E-state index is 11.1. The van der Waals surface area contributed by atoms with Gasteiger partial charge >= 0.3 is 6.03 Å². The lowest BCUT2D eigenvalue weighted by Crippen LogP contribution is -2.30. The molecule has 0 saturated heterocycles. The van der Waals surface area contributed by atoms with Crippen molar-refractivity contribution in [3.63, 3.8) is 0 Å². The minimum Gasteiger partial charge on any atom is -0.351 e. The van der Waals surface area contributed by atoms with Gasteiger partial charge in [0.05, 0.1) is 5.69 Å². The van der Waals surface area contributed by atoms with Crippen LogP contribution in [0.15, 0.2) is 67.1 Å². The van der Waals surface area contributed by atoms with E-state index < -0.39 is 6.03 Å². The molecule has 0 saturated carbocycles. The van der Waals surface area contributed by atoms with Crippen molar-refractivity contribution in [3.8, 4) is 5.69 Å². The Balaban J connectivity index is 1.27. The van der Waals surface area contributed by atoms with Crippen LogP contribution < -0.4 is 16.0 Å². The van der Waals surface area contributed by atoms with Gasteiger partial charge < -0.3 is 16.0 Å². The molecule has 156 valence electrons. The van der Waals surface area contributed by atoms with E-state index in [0.717, 1.165) is 42.4 Å². The summed E-state index contributed by atoms with van der Waals surface area (Å²) in [6.07, 6.45) is 7.50.